The summed E-state index contributed by atoms with van der Waals surface area (Å²) in [7, 11) is 1.92. The van der Waals surface area contributed by atoms with E-state index in [1.165, 1.54) is 11.8 Å². The number of aromatic nitrogens is 5. The molecule has 0 aromatic carbocycles. The minimum atomic E-state index is 0.230. The molecule has 0 fully saturated rings. The highest BCUT2D eigenvalue weighted by Gasteiger charge is 2.12. The molecule has 0 radical (unpaired) electrons. The van der Waals surface area contributed by atoms with Crippen LogP contribution >= 0.6 is 11.8 Å². The number of rotatable bonds is 4. The van der Waals surface area contributed by atoms with Crippen molar-refractivity contribution in [3.05, 3.63) is 17.7 Å². The molecule has 0 unspecified atom stereocenters. The first-order valence-electron chi connectivity index (χ1n) is 5.90. The fourth-order valence-electron chi connectivity index (χ4n) is 1.40. The second-order valence-corrected chi connectivity index (χ2v) is 5.43. The number of nitrogens with two attached hydrogens (primary N) is 1. The van der Waals surface area contributed by atoms with Crippen molar-refractivity contribution in [1.29, 1.82) is 0 Å². The van der Waals surface area contributed by atoms with Gasteiger partial charge in [-0.05, 0) is 18.7 Å². The maximum absolute atomic E-state index is 5.43. The van der Waals surface area contributed by atoms with Gasteiger partial charge in [-0.1, -0.05) is 13.8 Å². The lowest BCUT2D eigenvalue weighted by atomic mass is 10.2. The third kappa shape index (κ3) is 3.02. The largest absolute Gasteiger partial charge is 0.309 e. The van der Waals surface area contributed by atoms with Crippen LogP contribution in [0.4, 0.5) is 5.82 Å². The summed E-state index contributed by atoms with van der Waals surface area (Å²) in [6.07, 6.45) is 0. The molecule has 0 amide bonds. The molecule has 0 atom stereocenters. The highest BCUT2D eigenvalue weighted by molar-refractivity contribution is 7.99. The molecule has 0 aliphatic carbocycles. The van der Waals surface area contributed by atoms with E-state index >= 15 is 0 Å². The Morgan fingerprint density at radius 3 is 2.58 bits per heavy atom. The van der Waals surface area contributed by atoms with Gasteiger partial charge in [-0.15, -0.1) is 10.2 Å². The van der Waals surface area contributed by atoms with Crippen molar-refractivity contribution in [2.75, 3.05) is 5.43 Å². The average Bonchev–Trinajstić information content (AvgIpc) is 2.70. The zero-order chi connectivity index (χ0) is 14.0. The monoisotopic (exact) mass is 279 g/mol. The second kappa shape index (κ2) is 5.54. The van der Waals surface area contributed by atoms with E-state index < -0.39 is 0 Å². The SMILES string of the molecule is Cc1nnc(Sc2cc(NN)nc(C(C)C)n2)n1C. The Kier molecular flexibility index (Phi) is 4.01. The van der Waals surface area contributed by atoms with Crippen molar-refractivity contribution in [3.63, 3.8) is 0 Å². The van der Waals surface area contributed by atoms with Gasteiger partial charge in [0.2, 0.25) is 0 Å². The smallest absolute Gasteiger partial charge is 0.197 e. The van der Waals surface area contributed by atoms with Crippen LogP contribution in [0, 0.1) is 6.92 Å². The summed E-state index contributed by atoms with van der Waals surface area (Å²) in [5, 5.41) is 9.70. The van der Waals surface area contributed by atoms with Crippen LogP contribution in [-0.4, -0.2) is 24.7 Å². The molecule has 7 nitrogen and oxygen atoms in total. The lowest BCUT2D eigenvalue weighted by Gasteiger charge is -2.09. The summed E-state index contributed by atoms with van der Waals surface area (Å²) in [6, 6.07) is 1.79. The number of hydrogen-bond acceptors (Lipinski definition) is 7. The predicted octanol–water partition coefficient (Wildman–Crippen LogP) is 1.47. The molecular weight excluding hydrogens is 262 g/mol. The third-order valence-electron chi connectivity index (χ3n) is 2.63. The van der Waals surface area contributed by atoms with Gasteiger partial charge in [0.05, 0.1) is 0 Å². The van der Waals surface area contributed by atoms with Gasteiger partial charge in [-0.3, -0.25) is 0 Å². The fourth-order valence-corrected chi connectivity index (χ4v) is 2.24. The van der Waals surface area contributed by atoms with E-state index in [9.17, 15) is 0 Å². The summed E-state index contributed by atoms with van der Waals surface area (Å²) in [4.78, 5) is 8.82. The van der Waals surface area contributed by atoms with E-state index in [1.54, 1.807) is 6.07 Å². The van der Waals surface area contributed by atoms with Crippen LogP contribution in [0.2, 0.25) is 0 Å². The number of hydrogen-bond donors (Lipinski definition) is 2. The van der Waals surface area contributed by atoms with Crippen LogP contribution in [0.1, 0.15) is 31.4 Å². The quantitative estimate of drug-likeness (QED) is 0.497. The van der Waals surface area contributed by atoms with E-state index in [2.05, 4.69) is 25.6 Å². The van der Waals surface area contributed by atoms with Crippen molar-refractivity contribution in [2.45, 2.75) is 36.9 Å². The van der Waals surface area contributed by atoms with Crippen molar-refractivity contribution in [3.8, 4) is 0 Å². The fraction of sp³-hybridized carbons (Fsp3) is 0.455. The number of nitrogen functional groups attached to an aromatic ring is 1. The van der Waals surface area contributed by atoms with E-state index in [1.807, 2.05) is 32.4 Å². The molecule has 2 aromatic rings. The summed E-state index contributed by atoms with van der Waals surface area (Å²) in [6.45, 7) is 5.98. The molecule has 102 valence electrons. The first kappa shape index (κ1) is 13.8. The number of nitrogens with one attached hydrogen (secondary N) is 1. The predicted molar refractivity (Wildman–Crippen MR) is 73.8 cm³/mol. The molecule has 0 bridgehead atoms. The molecule has 0 saturated heterocycles. The Labute approximate surface area is 116 Å². The highest BCUT2D eigenvalue weighted by Crippen LogP contribution is 2.27. The van der Waals surface area contributed by atoms with Crippen LogP contribution in [0.3, 0.4) is 0 Å². The van der Waals surface area contributed by atoms with Crippen LogP contribution in [0.15, 0.2) is 16.2 Å². The van der Waals surface area contributed by atoms with Crippen molar-refractivity contribution in [1.82, 2.24) is 24.7 Å². The maximum atomic E-state index is 5.43. The topological polar surface area (TPSA) is 94.5 Å². The van der Waals surface area contributed by atoms with Crippen LogP contribution in [0.25, 0.3) is 0 Å². The molecule has 0 saturated carbocycles. The summed E-state index contributed by atoms with van der Waals surface area (Å²) in [5.41, 5.74) is 2.56. The summed E-state index contributed by atoms with van der Waals surface area (Å²) < 4.78 is 1.91. The Morgan fingerprint density at radius 1 is 1.32 bits per heavy atom. The minimum Gasteiger partial charge on any atom is -0.309 e. The van der Waals surface area contributed by atoms with Gasteiger partial charge in [-0.2, -0.15) is 0 Å². The first-order chi connectivity index (χ1) is 9.01. The zero-order valence-corrected chi connectivity index (χ0v) is 12.2. The van der Waals surface area contributed by atoms with Crippen LogP contribution in [0.5, 0.6) is 0 Å². The average molecular weight is 279 g/mol. The third-order valence-corrected chi connectivity index (χ3v) is 3.59. The lowest BCUT2D eigenvalue weighted by Crippen LogP contribution is -2.11. The number of aryl methyl sites for hydroxylation is 1. The number of anilines is 1. The molecule has 2 aromatic heterocycles. The van der Waals surface area contributed by atoms with Gasteiger partial charge in [0, 0.05) is 19.0 Å². The normalized spacial score (nSPS) is 11.1. The van der Waals surface area contributed by atoms with E-state index in [4.69, 9.17) is 5.84 Å². The molecule has 2 rings (SSSR count). The minimum absolute atomic E-state index is 0.230. The lowest BCUT2D eigenvalue weighted by molar-refractivity contribution is 0.746. The molecule has 2 heterocycles. The molecule has 19 heavy (non-hydrogen) atoms. The number of hydrazine groups is 1. The zero-order valence-electron chi connectivity index (χ0n) is 11.4. The van der Waals surface area contributed by atoms with Crippen molar-refractivity contribution >= 4 is 17.6 Å². The van der Waals surface area contributed by atoms with Crippen molar-refractivity contribution in [2.24, 2.45) is 12.9 Å². The number of nitrogens with zero attached hydrogens (tertiary/aromatic N) is 5. The second-order valence-electron chi connectivity index (χ2n) is 4.44. The standard InChI is InChI=1S/C11H17N7S/c1-6(2)10-13-8(15-12)5-9(14-10)19-11-17-16-7(3)18(11)4/h5-6H,12H2,1-4H3,(H,13,14,15). The van der Waals surface area contributed by atoms with E-state index in [-0.39, 0.29) is 5.92 Å². The highest BCUT2D eigenvalue weighted by atomic mass is 32.2. The first-order valence-corrected chi connectivity index (χ1v) is 6.72. The molecule has 0 spiro atoms. The Morgan fingerprint density at radius 2 is 2.05 bits per heavy atom. The van der Waals surface area contributed by atoms with Gasteiger partial charge in [0.1, 0.15) is 22.5 Å². The van der Waals surface area contributed by atoms with E-state index in [0.29, 0.717) is 5.82 Å². The Balaban J connectivity index is 2.34. The van der Waals surface area contributed by atoms with Crippen LogP contribution in [-0.2, 0) is 7.05 Å². The maximum Gasteiger partial charge on any atom is 0.197 e. The van der Waals surface area contributed by atoms with Gasteiger partial charge in [0.25, 0.3) is 0 Å². The van der Waals surface area contributed by atoms with Gasteiger partial charge < -0.3 is 9.99 Å². The van der Waals surface area contributed by atoms with Gasteiger partial charge in [0.15, 0.2) is 5.16 Å². The molecular formula is C11H17N7S. The molecule has 0 aliphatic heterocycles. The molecule has 0 aliphatic rings. The van der Waals surface area contributed by atoms with Gasteiger partial charge in [-0.25, -0.2) is 15.8 Å². The molecule has 8 heteroatoms. The Bertz CT molecular complexity index is 578. The Hall–Kier alpha value is -1.67. The van der Waals surface area contributed by atoms with E-state index in [0.717, 1.165) is 21.8 Å². The summed E-state index contributed by atoms with van der Waals surface area (Å²) >= 11 is 1.44. The van der Waals surface area contributed by atoms with Gasteiger partial charge >= 0.3 is 0 Å². The van der Waals surface area contributed by atoms with Crippen LogP contribution < -0.4 is 11.3 Å². The van der Waals surface area contributed by atoms with Crippen molar-refractivity contribution < 1.29 is 0 Å². The molecule has 3 N–H and O–H groups in total. The summed E-state index contributed by atoms with van der Waals surface area (Å²) in [5.74, 6) is 7.87.